The molecular formula is C34H43BrN6O5. The molecule has 1 saturated heterocycles. The summed E-state index contributed by atoms with van der Waals surface area (Å²) in [5, 5.41) is 26.4. The molecule has 246 valence electrons. The summed E-state index contributed by atoms with van der Waals surface area (Å²) in [5.74, 6) is 0.387. The SMILES string of the molecule is CCCc1cn(CC(=O)N2CCO[C@@H](C(=O)N[C@@H](Cc3ccccc3)[C@@H](O)CN[C@H]3CC4(CCC4)Oc4ccc(Br)cc43)C2)nn1. The van der Waals surface area contributed by atoms with Gasteiger partial charge in [-0.2, -0.15) is 0 Å². The molecule has 0 radical (unpaired) electrons. The van der Waals surface area contributed by atoms with Crippen molar-refractivity contribution in [2.24, 2.45) is 0 Å². The molecule has 2 aliphatic heterocycles. The molecule has 3 heterocycles. The number of nitrogens with zero attached hydrogens (tertiary/aromatic N) is 4. The second-order valence-corrected chi connectivity index (χ2v) is 13.6. The van der Waals surface area contributed by atoms with E-state index in [0.717, 1.165) is 65.6 Å². The highest BCUT2D eigenvalue weighted by molar-refractivity contribution is 9.10. The Kier molecular flexibility index (Phi) is 10.4. The monoisotopic (exact) mass is 694 g/mol. The summed E-state index contributed by atoms with van der Waals surface area (Å²) in [7, 11) is 0. The molecule has 4 atom stereocenters. The van der Waals surface area contributed by atoms with E-state index in [9.17, 15) is 14.7 Å². The third-order valence-corrected chi connectivity index (χ3v) is 9.77. The van der Waals surface area contributed by atoms with Crippen LogP contribution in [-0.2, 0) is 33.7 Å². The number of hydrogen-bond acceptors (Lipinski definition) is 8. The van der Waals surface area contributed by atoms with E-state index in [2.05, 4.69) is 49.9 Å². The maximum Gasteiger partial charge on any atom is 0.251 e. The van der Waals surface area contributed by atoms with Gasteiger partial charge in [0.1, 0.15) is 17.9 Å². The highest BCUT2D eigenvalue weighted by atomic mass is 79.9. The number of benzene rings is 2. The fraction of sp³-hybridized carbons (Fsp3) is 0.529. The van der Waals surface area contributed by atoms with E-state index in [1.165, 1.54) is 0 Å². The smallest absolute Gasteiger partial charge is 0.251 e. The van der Waals surface area contributed by atoms with E-state index in [1.54, 1.807) is 15.8 Å². The van der Waals surface area contributed by atoms with E-state index in [-0.39, 0.29) is 49.7 Å². The molecule has 46 heavy (non-hydrogen) atoms. The minimum Gasteiger partial charge on any atom is -0.487 e. The normalized spacial score (nSPS) is 21.5. The molecule has 1 aromatic heterocycles. The fourth-order valence-electron chi connectivity index (χ4n) is 6.59. The van der Waals surface area contributed by atoms with Crippen molar-refractivity contribution >= 4 is 27.7 Å². The number of carbonyl (C=O) groups excluding carboxylic acids is 2. The molecule has 6 rings (SSSR count). The number of nitrogens with one attached hydrogen (secondary N) is 2. The van der Waals surface area contributed by atoms with Crippen molar-refractivity contribution in [3.05, 3.63) is 76.0 Å². The van der Waals surface area contributed by atoms with E-state index < -0.39 is 18.2 Å². The quantitative estimate of drug-likeness (QED) is 0.263. The molecule has 0 unspecified atom stereocenters. The zero-order chi connectivity index (χ0) is 32.1. The lowest BCUT2D eigenvalue weighted by molar-refractivity contribution is -0.148. The number of carbonyl (C=O) groups is 2. The molecule has 12 heteroatoms. The number of aryl methyl sites for hydroxylation is 1. The average molecular weight is 696 g/mol. The number of halogens is 1. The Morgan fingerprint density at radius 1 is 1.20 bits per heavy atom. The summed E-state index contributed by atoms with van der Waals surface area (Å²) in [6, 6.07) is 15.3. The number of ether oxygens (including phenoxy) is 2. The van der Waals surface area contributed by atoms with Gasteiger partial charge in [-0.1, -0.05) is 64.8 Å². The molecule has 1 spiro atoms. The van der Waals surface area contributed by atoms with Gasteiger partial charge in [0.05, 0.1) is 31.0 Å². The topological polar surface area (TPSA) is 131 Å². The van der Waals surface area contributed by atoms with Crippen LogP contribution in [-0.4, -0.2) is 86.9 Å². The van der Waals surface area contributed by atoms with Crippen molar-refractivity contribution in [2.75, 3.05) is 26.2 Å². The first-order valence-corrected chi connectivity index (χ1v) is 17.1. The van der Waals surface area contributed by atoms with Crippen LogP contribution in [0.5, 0.6) is 5.75 Å². The zero-order valence-electron chi connectivity index (χ0n) is 26.2. The molecule has 3 N–H and O–H groups in total. The highest BCUT2D eigenvalue weighted by Crippen LogP contribution is 2.49. The van der Waals surface area contributed by atoms with E-state index >= 15 is 0 Å². The summed E-state index contributed by atoms with van der Waals surface area (Å²) in [6.45, 7) is 3.16. The highest BCUT2D eigenvalue weighted by Gasteiger charge is 2.45. The Hall–Kier alpha value is -3.32. The molecule has 2 fully saturated rings. The van der Waals surface area contributed by atoms with Crippen LogP contribution in [0.3, 0.4) is 0 Å². The van der Waals surface area contributed by atoms with Crippen LogP contribution in [0.1, 0.15) is 61.9 Å². The summed E-state index contributed by atoms with van der Waals surface area (Å²) in [5.41, 5.74) is 2.75. The molecule has 3 aromatic rings. The lowest BCUT2D eigenvalue weighted by atomic mass is 9.73. The number of morpholine rings is 1. The second-order valence-electron chi connectivity index (χ2n) is 12.7. The van der Waals surface area contributed by atoms with Crippen LogP contribution < -0.4 is 15.4 Å². The van der Waals surface area contributed by atoms with Crippen molar-refractivity contribution in [2.45, 2.75) is 88.3 Å². The summed E-state index contributed by atoms with van der Waals surface area (Å²) in [6.07, 6.45) is 6.28. The average Bonchev–Trinajstić information content (AvgIpc) is 3.49. The van der Waals surface area contributed by atoms with Gasteiger partial charge < -0.3 is 30.1 Å². The predicted molar refractivity (Wildman–Crippen MR) is 175 cm³/mol. The Bertz CT molecular complexity index is 1500. The van der Waals surface area contributed by atoms with Crippen LogP contribution in [0.25, 0.3) is 0 Å². The van der Waals surface area contributed by atoms with Crippen molar-refractivity contribution in [1.29, 1.82) is 0 Å². The van der Waals surface area contributed by atoms with Gasteiger partial charge in [-0.25, -0.2) is 4.68 Å². The minimum atomic E-state index is -0.883. The number of aromatic nitrogens is 3. The van der Waals surface area contributed by atoms with Crippen molar-refractivity contribution in [1.82, 2.24) is 30.5 Å². The fourth-order valence-corrected chi connectivity index (χ4v) is 6.97. The number of fused-ring (bicyclic) bond motifs is 1. The summed E-state index contributed by atoms with van der Waals surface area (Å²) < 4.78 is 14.8. The van der Waals surface area contributed by atoms with Gasteiger partial charge in [-0.05, 0) is 55.9 Å². The second kappa shape index (κ2) is 14.6. The van der Waals surface area contributed by atoms with Crippen molar-refractivity contribution in [3.63, 3.8) is 0 Å². The van der Waals surface area contributed by atoms with E-state index in [0.29, 0.717) is 13.0 Å². The van der Waals surface area contributed by atoms with Crippen LogP contribution in [0.2, 0.25) is 0 Å². The maximum absolute atomic E-state index is 13.6. The first-order valence-electron chi connectivity index (χ1n) is 16.3. The number of aliphatic hydroxyl groups excluding tert-OH is 1. The van der Waals surface area contributed by atoms with Crippen LogP contribution in [0.15, 0.2) is 59.2 Å². The predicted octanol–water partition coefficient (Wildman–Crippen LogP) is 3.35. The lowest BCUT2D eigenvalue weighted by Gasteiger charge is -2.48. The number of aliphatic hydroxyl groups is 1. The number of rotatable bonds is 12. The van der Waals surface area contributed by atoms with E-state index in [4.69, 9.17) is 9.47 Å². The van der Waals surface area contributed by atoms with Gasteiger partial charge in [-0.15, -0.1) is 5.10 Å². The molecular weight excluding hydrogens is 652 g/mol. The van der Waals surface area contributed by atoms with Gasteiger partial charge in [0.25, 0.3) is 5.91 Å². The van der Waals surface area contributed by atoms with Gasteiger partial charge >= 0.3 is 0 Å². The third-order valence-electron chi connectivity index (χ3n) is 9.28. The molecule has 2 aromatic carbocycles. The molecule has 0 bridgehead atoms. The van der Waals surface area contributed by atoms with Gasteiger partial charge in [0.2, 0.25) is 5.91 Å². The molecule has 11 nitrogen and oxygen atoms in total. The van der Waals surface area contributed by atoms with Gasteiger partial charge in [0, 0.05) is 41.8 Å². The first kappa shape index (κ1) is 32.6. The number of amides is 2. The van der Waals surface area contributed by atoms with Crippen LogP contribution in [0, 0.1) is 0 Å². The van der Waals surface area contributed by atoms with Gasteiger partial charge in [0.15, 0.2) is 6.10 Å². The van der Waals surface area contributed by atoms with Gasteiger partial charge in [-0.3, -0.25) is 9.59 Å². The van der Waals surface area contributed by atoms with Crippen molar-refractivity contribution < 1.29 is 24.2 Å². The summed E-state index contributed by atoms with van der Waals surface area (Å²) in [4.78, 5) is 28.3. The number of hydrogen-bond donors (Lipinski definition) is 3. The maximum atomic E-state index is 13.6. The van der Waals surface area contributed by atoms with Crippen LogP contribution in [0.4, 0.5) is 0 Å². The Morgan fingerprint density at radius 3 is 2.78 bits per heavy atom. The lowest BCUT2D eigenvalue weighted by Crippen LogP contribution is -2.57. The molecule has 1 aliphatic carbocycles. The Morgan fingerprint density at radius 2 is 2.02 bits per heavy atom. The Balaban J connectivity index is 1.10. The van der Waals surface area contributed by atoms with E-state index in [1.807, 2.05) is 42.5 Å². The standard InChI is InChI=1S/C34H43BrN6O5/c1-2-7-25-20-41(39-38-25)22-32(43)40-14-15-45-31(21-40)33(44)37-27(16-23-8-4-3-5-9-23)29(42)19-36-28-18-34(12-6-13-34)46-30-11-10-24(35)17-26(28)30/h3-5,8-11,17,20,27-29,31,36,42H,2,6-7,12-16,18-19,21-22H2,1H3,(H,37,44)/t27-,28-,29-,31+/m0/s1. The largest absolute Gasteiger partial charge is 0.487 e. The Labute approximate surface area is 278 Å². The van der Waals surface area contributed by atoms with Crippen molar-refractivity contribution in [3.8, 4) is 5.75 Å². The zero-order valence-corrected chi connectivity index (χ0v) is 27.8. The minimum absolute atomic E-state index is 0.00793. The van der Waals surface area contributed by atoms with Crippen LogP contribution >= 0.6 is 15.9 Å². The molecule has 1 saturated carbocycles. The molecule has 3 aliphatic rings. The summed E-state index contributed by atoms with van der Waals surface area (Å²) >= 11 is 3.60. The third kappa shape index (κ3) is 7.79. The first-order chi connectivity index (χ1) is 22.3. The molecule has 2 amide bonds.